The van der Waals surface area contributed by atoms with Crippen molar-refractivity contribution in [3.8, 4) is 5.75 Å². The number of rotatable bonds is 4. The molecule has 1 aromatic rings. The molecule has 0 atom stereocenters. The summed E-state index contributed by atoms with van der Waals surface area (Å²) in [7, 11) is 0. The van der Waals surface area contributed by atoms with Crippen LogP contribution in [0, 0.1) is 0 Å². The Kier molecular flexibility index (Phi) is 4.55. The molecule has 5 heteroatoms. The minimum Gasteiger partial charge on any atom is -0.482 e. The average Bonchev–Trinajstić information content (AvgIpc) is 2.14. The Morgan fingerprint density at radius 3 is 2.93 bits per heavy atom. The van der Waals surface area contributed by atoms with Gasteiger partial charge in [-0.15, -0.1) is 0 Å². The number of carbonyl (C=O) groups is 1. The standard InChI is InChI=1S/C10H13BrN2O2/c1-7(2)13-10(14)6-15-9-3-8(11)4-12-5-9/h3-5,7H,6H2,1-2H3,(H,13,14). The van der Waals surface area contributed by atoms with Crippen molar-refractivity contribution in [2.24, 2.45) is 0 Å². The molecule has 0 aliphatic heterocycles. The van der Waals surface area contributed by atoms with Crippen LogP contribution < -0.4 is 10.1 Å². The van der Waals surface area contributed by atoms with Gasteiger partial charge in [0.15, 0.2) is 6.61 Å². The van der Waals surface area contributed by atoms with Crippen molar-refractivity contribution in [2.75, 3.05) is 6.61 Å². The Hall–Kier alpha value is -1.10. The fourth-order valence-electron chi connectivity index (χ4n) is 0.984. The van der Waals surface area contributed by atoms with Crippen LogP contribution in [-0.4, -0.2) is 23.5 Å². The van der Waals surface area contributed by atoms with Crippen LogP contribution in [-0.2, 0) is 4.79 Å². The normalized spacial score (nSPS) is 10.1. The maximum Gasteiger partial charge on any atom is 0.258 e. The van der Waals surface area contributed by atoms with Gasteiger partial charge in [0.25, 0.3) is 5.91 Å². The Labute approximate surface area is 97.2 Å². The highest BCUT2D eigenvalue weighted by Gasteiger charge is 2.04. The molecule has 4 nitrogen and oxygen atoms in total. The summed E-state index contributed by atoms with van der Waals surface area (Å²) >= 11 is 3.27. The first-order valence-corrected chi connectivity index (χ1v) is 5.40. The molecule has 0 saturated heterocycles. The average molecular weight is 273 g/mol. The van der Waals surface area contributed by atoms with E-state index in [4.69, 9.17) is 4.74 Å². The van der Waals surface area contributed by atoms with Crippen molar-refractivity contribution in [3.63, 3.8) is 0 Å². The first-order chi connectivity index (χ1) is 7.08. The Bertz CT molecular complexity index is 342. The second-order valence-electron chi connectivity index (χ2n) is 3.35. The fraction of sp³-hybridized carbons (Fsp3) is 0.400. The summed E-state index contributed by atoms with van der Waals surface area (Å²) in [5.74, 6) is 0.438. The zero-order valence-corrected chi connectivity index (χ0v) is 10.2. The maximum atomic E-state index is 11.2. The predicted molar refractivity (Wildman–Crippen MR) is 60.7 cm³/mol. The molecule has 0 fully saturated rings. The van der Waals surface area contributed by atoms with Gasteiger partial charge in [0, 0.05) is 16.7 Å². The third-order valence-corrected chi connectivity index (χ3v) is 1.93. The summed E-state index contributed by atoms with van der Waals surface area (Å²) in [5, 5.41) is 2.73. The van der Waals surface area contributed by atoms with Crippen molar-refractivity contribution in [1.82, 2.24) is 10.3 Å². The van der Waals surface area contributed by atoms with E-state index in [9.17, 15) is 4.79 Å². The van der Waals surface area contributed by atoms with E-state index >= 15 is 0 Å². The molecule has 1 heterocycles. The van der Waals surface area contributed by atoms with E-state index in [1.165, 1.54) is 0 Å². The van der Waals surface area contributed by atoms with Crippen LogP contribution in [0.4, 0.5) is 0 Å². The Morgan fingerprint density at radius 1 is 1.60 bits per heavy atom. The van der Waals surface area contributed by atoms with Crippen molar-refractivity contribution < 1.29 is 9.53 Å². The summed E-state index contributed by atoms with van der Waals surface area (Å²) in [4.78, 5) is 15.2. The minimum absolute atomic E-state index is 0.0102. The van der Waals surface area contributed by atoms with Crippen LogP contribution in [0.15, 0.2) is 22.9 Å². The van der Waals surface area contributed by atoms with Gasteiger partial charge in [0.2, 0.25) is 0 Å². The molecular formula is C10H13BrN2O2. The lowest BCUT2D eigenvalue weighted by molar-refractivity contribution is -0.123. The molecule has 0 radical (unpaired) electrons. The number of hydrogen-bond acceptors (Lipinski definition) is 3. The topological polar surface area (TPSA) is 51.2 Å². The molecule has 1 aromatic heterocycles. The van der Waals surface area contributed by atoms with Gasteiger partial charge in [0.1, 0.15) is 5.75 Å². The van der Waals surface area contributed by atoms with Gasteiger partial charge in [-0.2, -0.15) is 0 Å². The summed E-state index contributed by atoms with van der Waals surface area (Å²) in [6.45, 7) is 3.81. The van der Waals surface area contributed by atoms with Crippen LogP contribution in [0.25, 0.3) is 0 Å². The van der Waals surface area contributed by atoms with E-state index in [1.807, 2.05) is 13.8 Å². The highest BCUT2D eigenvalue weighted by atomic mass is 79.9. The van der Waals surface area contributed by atoms with Gasteiger partial charge in [-0.3, -0.25) is 9.78 Å². The maximum absolute atomic E-state index is 11.2. The van der Waals surface area contributed by atoms with E-state index < -0.39 is 0 Å². The van der Waals surface area contributed by atoms with Crippen LogP contribution >= 0.6 is 15.9 Å². The van der Waals surface area contributed by atoms with Gasteiger partial charge < -0.3 is 10.1 Å². The third-order valence-electron chi connectivity index (χ3n) is 1.50. The quantitative estimate of drug-likeness (QED) is 0.909. The molecule has 15 heavy (non-hydrogen) atoms. The van der Waals surface area contributed by atoms with E-state index in [2.05, 4.69) is 26.2 Å². The zero-order valence-electron chi connectivity index (χ0n) is 8.66. The number of aromatic nitrogens is 1. The number of amides is 1. The number of halogens is 1. The Morgan fingerprint density at radius 2 is 2.33 bits per heavy atom. The van der Waals surface area contributed by atoms with Crippen LogP contribution in [0.3, 0.4) is 0 Å². The second kappa shape index (κ2) is 5.70. The molecule has 0 saturated carbocycles. The lowest BCUT2D eigenvalue weighted by atomic mass is 10.4. The number of ether oxygens (including phenoxy) is 1. The highest BCUT2D eigenvalue weighted by Crippen LogP contribution is 2.15. The van der Waals surface area contributed by atoms with Crippen molar-refractivity contribution in [3.05, 3.63) is 22.9 Å². The van der Waals surface area contributed by atoms with E-state index in [0.29, 0.717) is 5.75 Å². The van der Waals surface area contributed by atoms with Gasteiger partial charge in [0.05, 0.1) is 6.20 Å². The van der Waals surface area contributed by atoms with Gasteiger partial charge in [-0.1, -0.05) is 0 Å². The number of pyridine rings is 1. The smallest absolute Gasteiger partial charge is 0.258 e. The first kappa shape index (κ1) is 12.0. The first-order valence-electron chi connectivity index (χ1n) is 4.60. The SMILES string of the molecule is CC(C)NC(=O)COc1cncc(Br)c1. The molecule has 1 N–H and O–H groups in total. The number of carbonyl (C=O) groups excluding carboxylic acids is 1. The molecular weight excluding hydrogens is 260 g/mol. The highest BCUT2D eigenvalue weighted by molar-refractivity contribution is 9.10. The Balaban J connectivity index is 2.40. The molecule has 82 valence electrons. The third kappa shape index (κ3) is 4.78. The van der Waals surface area contributed by atoms with Crippen LogP contribution in [0.5, 0.6) is 5.75 Å². The van der Waals surface area contributed by atoms with Gasteiger partial charge in [-0.05, 0) is 35.8 Å². The molecule has 0 aliphatic rings. The zero-order chi connectivity index (χ0) is 11.3. The molecule has 1 amide bonds. The summed E-state index contributed by atoms with van der Waals surface area (Å²) in [6, 6.07) is 1.89. The van der Waals surface area contributed by atoms with Crippen molar-refractivity contribution in [2.45, 2.75) is 19.9 Å². The lowest BCUT2D eigenvalue weighted by Crippen LogP contribution is -2.34. The van der Waals surface area contributed by atoms with E-state index in [1.54, 1.807) is 18.5 Å². The lowest BCUT2D eigenvalue weighted by Gasteiger charge is -2.09. The summed E-state index contributed by atoms with van der Waals surface area (Å²) < 4.78 is 6.07. The molecule has 0 bridgehead atoms. The molecule has 1 rings (SSSR count). The minimum atomic E-state index is -0.134. The van der Waals surface area contributed by atoms with Gasteiger partial charge >= 0.3 is 0 Å². The van der Waals surface area contributed by atoms with Crippen LogP contribution in [0.1, 0.15) is 13.8 Å². The van der Waals surface area contributed by atoms with Crippen LogP contribution in [0.2, 0.25) is 0 Å². The fourth-order valence-corrected chi connectivity index (χ4v) is 1.33. The number of nitrogens with zero attached hydrogens (tertiary/aromatic N) is 1. The van der Waals surface area contributed by atoms with Gasteiger partial charge in [-0.25, -0.2) is 0 Å². The molecule has 0 aliphatic carbocycles. The van der Waals surface area contributed by atoms with Crippen molar-refractivity contribution >= 4 is 21.8 Å². The second-order valence-corrected chi connectivity index (χ2v) is 4.27. The van der Waals surface area contributed by atoms with E-state index in [-0.39, 0.29) is 18.6 Å². The largest absolute Gasteiger partial charge is 0.482 e. The number of hydrogen-bond donors (Lipinski definition) is 1. The molecule has 0 spiro atoms. The molecule has 0 aromatic carbocycles. The van der Waals surface area contributed by atoms with Crippen molar-refractivity contribution in [1.29, 1.82) is 0 Å². The summed E-state index contributed by atoms with van der Waals surface area (Å²) in [5.41, 5.74) is 0. The van der Waals surface area contributed by atoms with E-state index in [0.717, 1.165) is 4.47 Å². The number of nitrogens with one attached hydrogen (secondary N) is 1. The monoisotopic (exact) mass is 272 g/mol. The molecule has 0 unspecified atom stereocenters. The predicted octanol–water partition coefficient (Wildman–Crippen LogP) is 1.75. The summed E-state index contributed by atoms with van der Waals surface area (Å²) in [6.07, 6.45) is 3.22.